The van der Waals surface area contributed by atoms with Crippen LogP contribution in [0.25, 0.3) is 10.9 Å². The Kier molecular flexibility index (Phi) is 5.80. The summed E-state index contributed by atoms with van der Waals surface area (Å²) >= 11 is 1.23. The average molecular weight is 493 g/mol. The standard InChI is InChI=1S/C21H24N4O6S2/c1-30-11-31-9-13-10-32-20-18(13)33(28,29)24-19(23-20)16-17(26)14-4-2-3-5-15(14)25(21(16)27)22-8-12-6-7-12/h2-5,10,12,22,26,28-29H,6-9,11H2,1H3,(H,23,24). The highest BCUT2D eigenvalue weighted by molar-refractivity contribution is 8.23. The summed E-state index contributed by atoms with van der Waals surface area (Å²) in [5.74, 6) is 0.145. The molecule has 2 aromatic heterocycles. The molecule has 0 spiro atoms. The number of anilines is 1. The third-order valence-electron chi connectivity index (χ3n) is 5.53. The minimum atomic E-state index is -3.64. The zero-order chi connectivity index (χ0) is 23.2. The number of hydrogen-bond acceptors (Lipinski definition) is 10. The lowest BCUT2D eigenvalue weighted by Crippen LogP contribution is -2.36. The van der Waals surface area contributed by atoms with Gasteiger partial charge in [-0.05, 0) is 30.9 Å². The van der Waals surface area contributed by atoms with Gasteiger partial charge in [-0.2, -0.15) is 0 Å². The molecule has 176 valence electrons. The van der Waals surface area contributed by atoms with E-state index < -0.39 is 16.3 Å². The summed E-state index contributed by atoms with van der Waals surface area (Å²) in [6.45, 7) is 0.800. The van der Waals surface area contributed by atoms with Crippen molar-refractivity contribution in [2.45, 2.75) is 24.3 Å². The molecule has 0 bridgehead atoms. The van der Waals surface area contributed by atoms with Crippen LogP contribution in [0.3, 0.4) is 0 Å². The number of nitrogens with zero attached hydrogens (tertiary/aromatic N) is 2. The molecule has 1 aliphatic heterocycles. The maximum absolute atomic E-state index is 13.5. The molecule has 0 radical (unpaired) electrons. The molecular weight excluding hydrogens is 468 g/mol. The first-order chi connectivity index (χ1) is 15.9. The molecule has 1 saturated carbocycles. The van der Waals surface area contributed by atoms with E-state index in [1.807, 2.05) is 0 Å². The lowest BCUT2D eigenvalue weighted by atomic mass is 10.1. The van der Waals surface area contributed by atoms with Crippen LogP contribution in [-0.4, -0.2) is 45.2 Å². The maximum Gasteiger partial charge on any atom is 0.284 e. The Morgan fingerprint density at radius 1 is 1.33 bits per heavy atom. The van der Waals surface area contributed by atoms with E-state index in [2.05, 4.69) is 15.1 Å². The van der Waals surface area contributed by atoms with Gasteiger partial charge in [0.05, 0.1) is 12.1 Å². The van der Waals surface area contributed by atoms with E-state index in [1.165, 1.54) is 23.1 Å². The van der Waals surface area contributed by atoms with E-state index in [0.29, 0.717) is 33.9 Å². The molecule has 33 heavy (non-hydrogen) atoms. The van der Waals surface area contributed by atoms with Gasteiger partial charge in [-0.3, -0.25) is 13.9 Å². The van der Waals surface area contributed by atoms with Crippen LogP contribution < -0.4 is 16.3 Å². The fraction of sp³-hybridized carbons (Fsp3) is 0.333. The Labute approximate surface area is 194 Å². The number of aromatic nitrogens is 1. The van der Waals surface area contributed by atoms with Gasteiger partial charge in [-0.15, -0.1) is 15.7 Å². The number of pyridine rings is 1. The number of fused-ring (bicyclic) bond motifs is 2. The molecule has 3 heterocycles. The van der Waals surface area contributed by atoms with Gasteiger partial charge in [0.2, 0.25) is 0 Å². The SMILES string of the molecule is COCOCc1csc2c1S(O)(O)N=C(c1c(O)c3ccccc3n(NCC3CC3)c1=O)N2. The number of methoxy groups -OCH3 is 1. The van der Waals surface area contributed by atoms with Crippen molar-refractivity contribution in [1.82, 2.24) is 4.68 Å². The lowest BCUT2D eigenvalue weighted by molar-refractivity contribution is -0.0396. The number of hydrogen-bond donors (Lipinski definition) is 5. The average Bonchev–Trinajstić information content (AvgIpc) is 3.52. The number of nitrogens with one attached hydrogen (secondary N) is 2. The second-order valence-electron chi connectivity index (χ2n) is 7.94. The molecule has 10 nitrogen and oxygen atoms in total. The highest BCUT2D eigenvalue weighted by Crippen LogP contribution is 2.59. The molecule has 1 fully saturated rings. The number of para-hydroxylation sites is 1. The van der Waals surface area contributed by atoms with Crippen LogP contribution >= 0.6 is 22.1 Å². The van der Waals surface area contributed by atoms with Crippen LogP contribution in [0.15, 0.2) is 43.7 Å². The van der Waals surface area contributed by atoms with Gasteiger partial charge in [-0.1, -0.05) is 22.9 Å². The Balaban J connectivity index is 1.59. The Morgan fingerprint density at radius 3 is 2.88 bits per heavy atom. The smallest absolute Gasteiger partial charge is 0.284 e. The largest absolute Gasteiger partial charge is 0.506 e. The van der Waals surface area contributed by atoms with Gasteiger partial charge in [0, 0.05) is 30.0 Å². The Morgan fingerprint density at radius 2 is 2.12 bits per heavy atom. The summed E-state index contributed by atoms with van der Waals surface area (Å²) < 4.78 is 37.4. The van der Waals surface area contributed by atoms with Crippen LogP contribution in [0.2, 0.25) is 0 Å². The summed E-state index contributed by atoms with van der Waals surface area (Å²) in [7, 11) is -2.15. The predicted molar refractivity (Wildman–Crippen MR) is 129 cm³/mol. The number of ether oxygens (including phenoxy) is 2. The van der Waals surface area contributed by atoms with E-state index in [1.54, 1.807) is 29.6 Å². The number of rotatable bonds is 8. The quantitative estimate of drug-likeness (QED) is 0.237. The molecule has 2 aliphatic rings. The molecule has 0 unspecified atom stereocenters. The molecule has 3 aromatic rings. The first-order valence-electron chi connectivity index (χ1n) is 10.3. The molecule has 5 N–H and O–H groups in total. The zero-order valence-electron chi connectivity index (χ0n) is 17.8. The maximum atomic E-state index is 13.5. The molecule has 5 rings (SSSR count). The van der Waals surface area contributed by atoms with Crippen LogP contribution in [0.1, 0.15) is 24.0 Å². The number of amidine groups is 1. The molecule has 0 atom stereocenters. The van der Waals surface area contributed by atoms with E-state index in [9.17, 15) is 19.0 Å². The van der Waals surface area contributed by atoms with Crippen molar-refractivity contribution in [1.29, 1.82) is 0 Å². The van der Waals surface area contributed by atoms with Gasteiger partial charge in [0.1, 0.15) is 28.0 Å². The fourth-order valence-corrected chi connectivity index (χ4v) is 6.40. The molecule has 0 saturated heterocycles. The first kappa shape index (κ1) is 22.2. The third-order valence-corrected chi connectivity index (χ3v) is 8.05. The number of thiophene rings is 1. The Hall–Kier alpha value is -2.61. The minimum absolute atomic E-state index is 0.0596. The van der Waals surface area contributed by atoms with Crippen molar-refractivity contribution < 1.29 is 23.7 Å². The zero-order valence-corrected chi connectivity index (χ0v) is 19.4. The molecular formula is C21H24N4O6S2. The molecule has 12 heteroatoms. The molecule has 1 aliphatic carbocycles. The van der Waals surface area contributed by atoms with Gasteiger partial charge in [0.25, 0.3) is 5.56 Å². The van der Waals surface area contributed by atoms with E-state index in [4.69, 9.17) is 9.47 Å². The minimum Gasteiger partial charge on any atom is -0.506 e. The molecule has 1 aromatic carbocycles. The van der Waals surface area contributed by atoms with Crippen molar-refractivity contribution in [2.75, 3.05) is 31.2 Å². The van der Waals surface area contributed by atoms with E-state index >= 15 is 0 Å². The van der Waals surface area contributed by atoms with E-state index in [0.717, 1.165) is 12.8 Å². The summed E-state index contributed by atoms with van der Waals surface area (Å²) in [5.41, 5.74) is 3.59. The summed E-state index contributed by atoms with van der Waals surface area (Å²) in [5, 5.41) is 16.6. The summed E-state index contributed by atoms with van der Waals surface area (Å²) in [6.07, 6.45) is 2.22. The van der Waals surface area contributed by atoms with Crippen LogP contribution in [-0.2, 0) is 16.1 Å². The van der Waals surface area contributed by atoms with Crippen LogP contribution in [0, 0.1) is 5.92 Å². The number of aromatic hydroxyl groups is 1. The Bertz CT molecular complexity index is 1300. The lowest BCUT2D eigenvalue weighted by Gasteiger charge is -2.33. The molecule has 0 amide bonds. The van der Waals surface area contributed by atoms with Crippen LogP contribution in [0.4, 0.5) is 5.00 Å². The normalized spacial score (nSPS) is 17.8. The van der Waals surface area contributed by atoms with Crippen molar-refractivity contribution in [3.63, 3.8) is 0 Å². The summed E-state index contributed by atoms with van der Waals surface area (Å²) in [4.78, 5) is 13.7. The highest BCUT2D eigenvalue weighted by atomic mass is 32.3. The van der Waals surface area contributed by atoms with Gasteiger partial charge < -0.3 is 25.3 Å². The monoisotopic (exact) mass is 492 g/mol. The van der Waals surface area contributed by atoms with Gasteiger partial charge in [0.15, 0.2) is 5.84 Å². The van der Waals surface area contributed by atoms with Crippen molar-refractivity contribution in [3.8, 4) is 5.75 Å². The topological polar surface area (TPSA) is 138 Å². The second-order valence-corrected chi connectivity index (χ2v) is 10.5. The fourth-order valence-electron chi connectivity index (χ4n) is 3.75. The summed E-state index contributed by atoms with van der Waals surface area (Å²) in [6, 6.07) is 6.99. The van der Waals surface area contributed by atoms with Crippen molar-refractivity contribution in [2.24, 2.45) is 10.3 Å². The van der Waals surface area contributed by atoms with Gasteiger partial charge >= 0.3 is 0 Å². The third kappa shape index (κ3) is 4.09. The van der Waals surface area contributed by atoms with E-state index in [-0.39, 0.29) is 35.4 Å². The first-order valence-corrected chi connectivity index (χ1v) is 12.7. The predicted octanol–water partition coefficient (Wildman–Crippen LogP) is 3.74. The van der Waals surface area contributed by atoms with Gasteiger partial charge in [-0.25, -0.2) is 4.68 Å². The van der Waals surface area contributed by atoms with Crippen molar-refractivity contribution in [3.05, 3.63) is 51.1 Å². The number of benzene rings is 1. The highest BCUT2D eigenvalue weighted by Gasteiger charge is 2.34. The van der Waals surface area contributed by atoms with Crippen LogP contribution in [0.5, 0.6) is 5.75 Å². The second kappa shape index (κ2) is 8.63. The van der Waals surface area contributed by atoms with Crippen molar-refractivity contribution >= 4 is 43.9 Å².